The number of rotatable bonds is 19. The average Bonchev–Trinajstić information content (AvgIpc) is 3.65. The molecule has 3 atom stereocenters. The SMILES string of the molecule is COc1ccc(CNC(=O)[C@@H]2C[C@@H](O)CN2C(=O)C(NC(=O)COCCCCCNc2ccc(C(=O)N[C@H]3C(C)(C)[C@H](Oc4ccc(C#N)c(Cl)c4)C3(C)C)cc2)C(C)(C)C)cc1. The molecule has 5 rings (SSSR count). The highest BCUT2D eigenvalue weighted by molar-refractivity contribution is 6.31. The van der Waals surface area contributed by atoms with E-state index >= 15 is 0 Å². The number of unbranched alkanes of at least 4 members (excludes halogenated alkanes) is 2. The third-order valence-corrected chi connectivity index (χ3v) is 12.3. The molecule has 3 aromatic rings. The normalized spacial score (nSPS) is 20.4. The number of β-amino-alcohol motifs (C(OH)–C–C–N with tert-alkyl or cyclic N) is 1. The quantitative estimate of drug-likeness (QED) is 0.0862. The first-order chi connectivity index (χ1) is 29.8. The molecule has 1 saturated carbocycles. The first-order valence-electron chi connectivity index (χ1n) is 21.5. The van der Waals surface area contributed by atoms with Crippen molar-refractivity contribution in [2.45, 2.75) is 111 Å². The zero-order chi connectivity index (χ0) is 46.1. The van der Waals surface area contributed by atoms with E-state index in [4.69, 9.17) is 25.8 Å². The van der Waals surface area contributed by atoms with Crippen LogP contribution in [-0.2, 0) is 25.7 Å². The lowest BCUT2D eigenvalue weighted by Crippen LogP contribution is -2.74. The summed E-state index contributed by atoms with van der Waals surface area (Å²) in [6.07, 6.45) is 1.48. The van der Waals surface area contributed by atoms with Crippen LogP contribution in [0.1, 0.15) is 95.6 Å². The number of ether oxygens (including phenoxy) is 3. The smallest absolute Gasteiger partial charge is 0.251 e. The fourth-order valence-electron chi connectivity index (χ4n) is 8.83. The van der Waals surface area contributed by atoms with Crippen molar-refractivity contribution in [1.82, 2.24) is 20.9 Å². The molecule has 1 heterocycles. The van der Waals surface area contributed by atoms with Crippen molar-refractivity contribution in [3.8, 4) is 17.6 Å². The number of carbonyl (C=O) groups excluding carboxylic acids is 4. The van der Waals surface area contributed by atoms with E-state index in [1.165, 1.54) is 4.90 Å². The Morgan fingerprint density at radius 3 is 2.24 bits per heavy atom. The van der Waals surface area contributed by atoms with Crippen LogP contribution in [0.3, 0.4) is 0 Å². The van der Waals surface area contributed by atoms with Gasteiger partial charge >= 0.3 is 0 Å². The highest BCUT2D eigenvalue weighted by Gasteiger charge is 2.64. The van der Waals surface area contributed by atoms with Gasteiger partial charge in [-0.2, -0.15) is 5.26 Å². The van der Waals surface area contributed by atoms with Crippen molar-refractivity contribution in [3.05, 3.63) is 88.4 Å². The Morgan fingerprint density at radius 2 is 1.62 bits per heavy atom. The number of nitriles is 1. The summed E-state index contributed by atoms with van der Waals surface area (Å²) in [6, 6.07) is 19.8. The molecule has 1 aliphatic heterocycles. The van der Waals surface area contributed by atoms with Gasteiger partial charge in [-0.05, 0) is 78.8 Å². The lowest BCUT2D eigenvalue weighted by atomic mass is 9.49. The number of nitrogens with zero attached hydrogens (tertiary/aromatic N) is 2. The Balaban J connectivity index is 0.990. The first kappa shape index (κ1) is 48.7. The van der Waals surface area contributed by atoms with E-state index in [0.717, 1.165) is 30.5 Å². The number of aliphatic hydroxyl groups excluding tert-OH is 1. The molecule has 1 saturated heterocycles. The molecule has 340 valence electrons. The van der Waals surface area contributed by atoms with E-state index in [-0.39, 0.29) is 60.9 Å². The van der Waals surface area contributed by atoms with E-state index in [9.17, 15) is 29.5 Å². The fraction of sp³-hybridized carbons (Fsp3) is 0.521. The van der Waals surface area contributed by atoms with E-state index in [0.29, 0.717) is 40.8 Å². The van der Waals surface area contributed by atoms with Crippen LogP contribution in [0, 0.1) is 27.6 Å². The van der Waals surface area contributed by atoms with Crippen molar-refractivity contribution in [3.63, 3.8) is 0 Å². The molecular weight excluding hydrogens is 824 g/mol. The molecule has 4 amide bonds. The molecule has 1 aliphatic carbocycles. The molecule has 2 fully saturated rings. The van der Waals surface area contributed by atoms with Gasteiger partial charge in [0.15, 0.2) is 0 Å². The second kappa shape index (κ2) is 20.9. The largest absolute Gasteiger partial charge is 0.497 e. The number of benzene rings is 3. The van der Waals surface area contributed by atoms with Gasteiger partial charge in [0.25, 0.3) is 5.91 Å². The number of halogens is 1. The van der Waals surface area contributed by atoms with Gasteiger partial charge in [-0.3, -0.25) is 19.2 Å². The number of hydrogen-bond acceptors (Lipinski definition) is 10. The summed E-state index contributed by atoms with van der Waals surface area (Å²) in [7, 11) is 1.58. The third-order valence-electron chi connectivity index (χ3n) is 12.0. The van der Waals surface area contributed by atoms with Gasteiger partial charge in [-0.15, -0.1) is 0 Å². The summed E-state index contributed by atoms with van der Waals surface area (Å²) in [6.45, 7) is 14.9. The minimum Gasteiger partial charge on any atom is -0.497 e. The molecule has 63 heavy (non-hydrogen) atoms. The van der Waals surface area contributed by atoms with E-state index in [1.807, 2.05) is 45.0 Å². The predicted molar refractivity (Wildman–Crippen MR) is 241 cm³/mol. The summed E-state index contributed by atoms with van der Waals surface area (Å²) in [5, 5.41) is 32.3. The highest BCUT2D eigenvalue weighted by atomic mass is 35.5. The van der Waals surface area contributed by atoms with Crippen molar-refractivity contribution in [2.75, 3.05) is 38.7 Å². The summed E-state index contributed by atoms with van der Waals surface area (Å²) in [5.41, 5.74) is 1.26. The Hall–Kier alpha value is -5.36. The van der Waals surface area contributed by atoms with Gasteiger partial charge in [0.05, 0.1) is 23.8 Å². The molecule has 0 radical (unpaired) electrons. The van der Waals surface area contributed by atoms with Crippen LogP contribution < -0.4 is 30.7 Å². The average molecular weight is 888 g/mol. The lowest BCUT2D eigenvalue weighted by molar-refractivity contribution is -0.164. The van der Waals surface area contributed by atoms with Crippen molar-refractivity contribution in [2.24, 2.45) is 16.2 Å². The van der Waals surface area contributed by atoms with E-state index < -0.39 is 35.4 Å². The summed E-state index contributed by atoms with van der Waals surface area (Å²) in [4.78, 5) is 54.8. The molecule has 15 heteroatoms. The second-order valence-electron chi connectivity index (χ2n) is 18.7. The minimum absolute atomic E-state index is 0.00827. The van der Waals surface area contributed by atoms with Gasteiger partial charge in [-0.25, -0.2) is 0 Å². The zero-order valence-corrected chi connectivity index (χ0v) is 38.4. The van der Waals surface area contributed by atoms with E-state index in [1.54, 1.807) is 49.6 Å². The molecule has 5 N–H and O–H groups in total. The Morgan fingerprint density at radius 1 is 0.952 bits per heavy atom. The molecule has 0 aromatic heterocycles. The molecule has 3 aromatic carbocycles. The number of likely N-dealkylation sites (tertiary alicyclic amines) is 1. The van der Waals surface area contributed by atoms with Crippen molar-refractivity contribution in [1.29, 1.82) is 5.26 Å². The third kappa shape index (κ3) is 12.2. The number of amides is 4. The summed E-state index contributed by atoms with van der Waals surface area (Å²) < 4.78 is 17.2. The first-order valence-corrected chi connectivity index (χ1v) is 21.9. The van der Waals surface area contributed by atoms with Crippen LogP contribution in [0.15, 0.2) is 66.7 Å². The topological polar surface area (TPSA) is 191 Å². The lowest BCUT2D eigenvalue weighted by Gasteiger charge is -2.63. The van der Waals surface area contributed by atoms with Gasteiger partial charge in [-0.1, -0.05) is 72.2 Å². The summed E-state index contributed by atoms with van der Waals surface area (Å²) >= 11 is 6.23. The second-order valence-corrected chi connectivity index (χ2v) is 19.2. The number of aliphatic hydroxyl groups is 1. The maximum Gasteiger partial charge on any atom is 0.251 e. The molecule has 2 aliphatic rings. The van der Waals surface area contributed by atoms with Crippen LogP contribution in [0.4, 0.5) is 5.69 Å². The number of nitrogens with one attached hydrogen (secondary N) is 4. The minimum atomic E-state index is -0.942. The van der Waals surface area contributed by atoms with Gasteiger partial charge in [0.2, 0.25) is 17.7 Å². The van der Waals surface area contributed by atoms with Crippen molar-refractivity contribution >= 4 is 40.9 Å². The maximum atomic E-state index is 13.9. The Kier molecular flexibility index (Phi) is 16.1. The van der Waals surface area contributed by atoms with Crippen LogP contribution in [-0.4, -0.2) is 97.4 Å². The molecule has 1 unspecified atom stereocenters. The van der Waals surface area contributed by atoms with Gasteiger partial charge in [0, 0.05) is 66.9 Å². The Labute approximate surface area is 376 Å². The van der Waals surface area contributed by atoms with Gasteiger partial charge < -0.3 is 45.5 Å². The summed E-state index contributed by atoms with van der Waals surface area (Å²) in [5.74, 6) is -0.132. The number of anilines is 1. The standard InChI is InChI=1S/C48H63ClN6O8/c1-46(2,3)40(43(60)55-28-34(56)24-38(55)42(59)52-27-30-12-19-35(61-8)20-13-30)53-39(57)29-62-23-11-9-10-22-51-33-17-14-31(15-18-33)41(58)54-44-47(4,5)45(48(44,6)7)63-36-21-16-32(26-50)37(49)25-36/h12-21,25,34,38,40,44-45,51,56H,9-11,22-24,27-29H2,1-8H3,(H,52,59)(H,53,57)(H,54,58)/t34-,38+,40?,44-,45-/m1/s1. The highest BCUT2D eigenvalue weighted by Crippen LogP contribution is 2.55. The fourth-order valence-corrected chi connectivity index (χ4v) is 9.04. The van der Waals surface area contributed by atoms with Crippen LogP contribution in [0.25, 0.3) is 0 Å². The predicted octanol–water partition coefficient (Wildman–Crippen LogP) is 6.24. The number of hydrogen-bond donors (Lipinski definition) is 5. The molecule has 14 nitrogen and oxygen atoms in total. The maximum absolute atomic E-state index is 13.9. The monoisotopic (exact) mass is 886 g/mol. The molecular formula is C48H63ClN6O8. The zero-order valence-electron chi connectivity index (χ0n) is 37.7. The van der Waals surface area contributed by atoms with Crippen LogP contribution >= 0.6 is 11.6 Å². The molecule has 0 spiro atoms. The molecule has 0 bridgehead atoms. The Bertz CT molecular complexity index is 2100. The van der Waals surface area contributed by atoms with Crippen molar-refractivity contribution < 1.29 is 38.5 Å². The van der Waals surface area contributed by atoms with Crippen LogP contribution in [0.2, 0.25) is 5.02 Å². The number of carbonyl (C=O) groups is 4. The van der Waals surface area contributed by atoms with E-state index in [2.05, 4.69) is 55.0 Å². The van der Waals surface area contributed by atoms with Crippen LogP contribution in [0.5, 0.6) is 11.5 Å². The van der Waals surface area contributed by atoms with Gasteiger partial charge in [0.1, 0.15) is 42.4 Å². The number of methoxy groups -OCH3 is 1.